The molecular weight excluding hydrogens is 346 g/mol. The van der Waals surface area contributed by atoms with Crippen molar-refractivity contribution in [2.45, 2.75) is 13.2 Å². The summed E-state index contributed by atoms with van der Waals surface area (Å²) in [7, 11) is 2.73. The van der Waals surface area contributed by atoms with E-state index in [9.17, 15) is 18.4 Å². The molecule has 138 valence electrons. The average Bonchev–Trinajstić information content (AvgIpc) is 2.65. The van der Waals surface area contributed by atoms with Crippen LogP contribution in [0.15, 0.2) is 42.5 Å². The minimum Gasteiger partial charge on any atom is -0.465 e. The topological polar surface area (TPSA) is 76.7 Å². The van der Waals surface area contributed by atoms with Crippen molar-refractivity contribution in [2.75, 3.05) is 19.5 Å². The molecule has 0 aliphatic rings. The van der Waals surface area contributed by atoms with Crippen LogP contribution >= 0.6 is 0 Å². The van der Waals surface area contributed by atoms with Crippen LogP contribution in [0.1, 0.15) is 26.3 Å². The Kier molecular flexibility index (Phi) is 6.48. The third-order valence-electron chi connectivity index (χ3n) is 3.57. The summed E-state index contributed by atoms with van der Waals surface area (Å²) in [5.74, 6) is -0.889. The lowest BCUT2D eigenvalue weighted by atomic mass is 10.1. The molecule has 0 fully saturated rings. The molecule has 0 aliphatic heterocycles. The maximum atomic E-state index is 12.5. The molecular formula is C18H18F2N2O4. The van der Waals surface area contributed by atoms with Crippen LogP contribution in [0.4, 0.5) is 14.5 Å². The molecule has 0 unspecified atom stereocenters. The van der Waals surface area contributed by atoms with Crippen LogP contribution in [0, 0.1) is 0 Å². The van der Waals surface area contributed by atoms with Crippen molar-refractivity contribution in [1.82, 2.24) is 5.32 Å². The van der Waals surface area contributed by atoms with Crippen LogP contribution < -0.4 is 15.4 Å². The lowest BCUT2D eigenvalue weighted by Gasteiger charge is -2.15. The van der Waals surface area contributed by atoms with Gasteiger partial charge in [0.15, 0.2) is 0 Å². The Morgan fingerprint density at radius 2 is 1.88 bits per heavy atom. The fourth-order valence-corrected chi connectivity index (χ4v) is 2.32. The molecule has 2 aromatic rings. The molecule has 2 aromatic carbocycles. The van der Waals surface area contributed by atoms with Gasteiger partial charge in [0.05, 0.1) is 18.2 Å². The number of carbonyl (C=O) groups is 2. The molecule has 0 aromatic heterocycles. The van der Waals surface area contributed by atoms with Crippen LogP contribution in [-0.4, -0.2) is 32.6 Å². The van der Waals surface area contributed by atoms with E-state index >= 15 is 0 Å². The monoisotopic (exact) mass is 364 g/mol. The molecule has 0 spiro atoms. The van der Waals surface area contributed by atoms with E-state index in [2.05, 4.69) is 20.1 Å². The van der Waals surface area contributed by atoms with Gasteiger partial charge in [-0.3, -0.25) is 4.79 Å². The molecule has 8 heteroatoms. The third kappa shape index (κ3) is 4.69. The summed E-state index contributed by atoms with van der Waals surface area (Å²) in [6, 6.07) is 10.7. The molecule has 0 aliphatic carbocycles. The minimum atomic E-state index is -2.94. The first kappa shape index (κ1) is 19.2. The number of carbonyl (C=O) groups excluding carboxylic acids is 2. The standard InChI is InChI=1S/C18H18F2N2O4/c1-21-16(23)13-8-7-11(17(24)25-2)9-14(13)22-10-12-5-3-4-6-15(12)26-18(19)20/h3-9,18,22H,10H2,1-2H3,(H,21,23). The summed E-state index contributed by atoms with van der Waals surface area (Å²) in [6.07, 6.45) is 0. The Balaban J connectivity index is 2.30. The number of methoxy groups -OCH3 is 1. The van der Waals surface area contributed by atoms with Gasteiger partial charge in [0.25, 0.3) is 5.91 Å². The van der Waals surface area contributed by atoms with Crippen LogP contribution in [-0.2, 0) is 11.3 Å². The summed E-state index contributed by atoms with van der Waals surface area (Å²) < 4.78 is 34.2. The highest BCUT2D eigenvalue weighted by Gasteiger charge is 2.15. The summed E-state index contributed by atoms with van der Waals surface area (Å²) in [5, 5.41) is 5.49. The molecule has 1 amide bonds. The normalized spacial score (nSPS) is 10.3. The number of hydrogen-bond donors (Lipinski definition) is 2. The van der Waals surface area contributed by atoms with E-state index in [0.29, 0.717) is 16.8 Å². The fourth-order valence-electron chi connectivity index (χ4n) is 2.32. The minimum absolute atomic E-state index is 0.0283. The second-order valence-corrected chi connectivity index (χ2v) is 5.17. The number of alkyl halides is 2. The number of esters is 1. The van der Waals surface area contributed by atoms with E-state index in [-0.39, 0.29) is 23.8 Å². The molecule has 2 N–H and O–H groups in total. The zero-order valence-electron chi connectivity index (χ0n) is 14.2. The Labute approximate surface area is 149 Å². The van der Waals surface area contributed by atoms with Crippen LogP contribution in [0.25, 0.3) is 0 Å². The van der Waals surface area contributed by atoms with Crippen molar-refractivity contribution in [3.8, 4) is 5.75 Å². The van der Waals surface area contributed by atoms with Gasteiger partial charge in [-0.05, 0) is 24.3 Å². The molecule has 6 nitrogen and oxygen atoms in total. The van der Waals surface area contributed by atoms with E-state index in [1.807, 2.05) is 0 Å². The Morgan fingerprint density at radius 3 is 2.54 bits per heavy atom. The van der Waals surface area contributed by atoms with Crippen molar-refractivity contribution in [2.24, 2.45) is 0 Å². The zero-order valence-corrected chi connectivity index (χ0v) is 14.2. The van der Waals surface area contributed by atoms with Gasteiger partial charge in [-0.2, -0.15) is 8.78 Å². The van der Waals surface area contributed by atoms with Crippen molar-refractivity contribution in [3.63, 3.8) is 0 Å². The first-order valence-electron chi connectivity index (χ1n) is 7.67. The number of amides is 1. The number of halogens is 2. The van der Waals surface area contributed by atoms with Crippen molar-refractivity contribution < 1.29 is 27.8 Å². The summed E-state index contributed by atoms with van der Waals surface area (Å²) in [4.78, 5) is 23.7. The lowest BCUT2D eigenvalue weighted by molar-refractivity contribution is -0.0504. The first-order valence-corrected chi connectivity index (χ1v) is 7.67. The maximum absolute atomic E-state index is 12.5. The summed E-state index contributed by atoms with van der Waals surface area (Å²) in [6.45, 7) is -2.84. The highest BCUT2D eigenvalue weighted by Crippen LogP contribution is 2.24. The van der Waals surface area contributed by atoms with Gasteiger partial charge in [-0.15, -0.1) is 0 Å². The molecule has 26 heavy (non-hydrogen) atoms. The second-order valence-electron chi connectivity index (χ2n) is 5.17. The average molecular weight is 364 g/mol. The number of benzene rings is 2. The molecule has 0 bridgehead atoms. The molecule has 0 saturated carbocycles. The number of ether oxygens (including phenoxy) is 2. The highest BCUT2D eigenvalue weighted by molar-refractivity contribution is 6.01. The molecule has 0 radical (unpaired) electrons. The third-order valence-corrected chi connectivity index (χ3v) is 3.57. The van der Waals surface area contributed by atoms with Crippen molar-refractivity contribution in [3.05, 3.63) is 59.2 Å². The van der Waals surface area contributed by atoms with Crippen molar-refractivity contribution >= 4 is 17.6 Å². The van der Waals surface area contributed by atoms with Gasteiger partial charge in [-0.25, -0.2) is 4.79 Å². The Morgan fingerprint density at radius 1 is 1.15 bits per heavy atom. The van der Waals surface area contributed by atoms with E-state index < -0.39 is 12.6 Å². The fraction of sp³-hybridized carbons (Fsp3) is 0.222. The van der Waals surface area contributed by atoms with E-state index in [1.165, 1.54) is 38.4 Å². The lowest BCUT2D eigenvalue weighted by Crippen LogP contribution is -2.20. The van der Waals surface area contributed by atoms with Gasteiger partial charge < -0.3 is 20.1 Å². The highest BCUT2D eigenvalue weighted by atomic mass is 19.3. The number of anilines is 1. The largest absolute Gasteiger partial charge is 0.465 e. The van der Waals surface area contributed by atoms with E-state index in [0.717, 1.165) is 0 Å². The molecule has 0 atom stereocenters. The van der Waals surface area contributed by atoms with Crippen molar-refractivity contribution in [1.29, 1.82) is 0 Å². The number of rotatable bonds is 7. The predicted octanol–water partition coefficient (Wildman–Crippen LogP) is 3.05. The first-order chi connectivity index (χ1) is 12.5. The van der Waals surface area contributed by atoms with Gasteiger partial charge in [0.2, 0.25) is 0 Å². The zero-order chi connectivity index (χ0) is 19.1. The predicted molar refractivity (Wildman–Crippen MR) is 91.6 cm³/mol. The van der Waals surface area contributed by atoms with Crippen LogP contribution in [0.3, 0.4) is 0 Å². The number of hydrogen-bond acceptors (Lipinski definition) is 5. The SMILES string of the molecule is CNC(=O)c1ccc(C(=O)OC)cc1NCc1ccccc1OC(F)F. The quantitative estimate of drug-likeness (QED) is 0.739. The smallest absolute Gasteiger partial charge is 0.387 e. The van der Waals surface area contributed by atoms with Gasteiger partial charge in [-0.1, -0.05) is 18.2 Å². The van der Waals surface area contributed by atoms with Crippen LogP contribution in [0.2, 0.25) is 0 Å². The van der Waals surface area contributed by atoms with Crippen LogP contribution in [0.5, 0.6) is 5.75 Å². The summed E-state index contributed by atoms with van der Waals surface area (Å²) >= 11 is 0. The second kappa shape index (κ2) is 8.80. The van der Waals surface area contributed by atoms with Gasteiger partial charge in [0, 0.05) is 24.8 Å². The maximum Gasteiger partial charge on any atom is 0.387 e. The molecule has 2 rings (SSSR count). The number of nitrogens with one attached hydrogen (secondary N) is 2. The Hall–Kier alpha value is -3.16. The Bertz CT molecular complexity index is 797. The number of para-hydroxylation sites is 1. The summed E-state index contributed by atoms with van der Waals surface area (Å²) in [5.41, 5.74) is 1.38. The molecule has 0 heterocycles. The van der Waals surface area contributed by atoms with Gasteiger partial charge >= 0.3 is 12.6 Å². The molecule has 0 saturated heterocycles. The van der Waals surface area contributed by atoms with E-state index in [4.69, 9.17) is 0 Å². The van der Waals surface area contributed by atoms with E-state index in [1.54, 1.807) is 18.2 Å². The van der Waals surface area contributed by atoms with Gasteiger partial charge in [0.1, 0.15) is 5.75 Å².